The van der Waals surface area contributed by atoms with Crippen molar-refractivity contribution in [3.05, 3.63) is 52.9 Å². The summed E-state index contributed by atoms with van der Waals surface area (Å²) >= 11 is 0.842. The van der Waals surface area contributed by atoms with E-state index < -0.39 is 17.1 Å². The van der Waals surface area contributed by atoms with Crippen molar-refractivity contribution in [3.63, 3.8) is 0 Å². The number of rotatable bonds is 5. The second-order valence-corrected chi connectivity index (χ2v) is 7.41. The average molecular weight is 369 g/mol. The molecule has 0 atom stereocenters. The number of hydrogen-bond donors (Lipinski definition) is 0. The number of hydrogen-bond acceptors (Lipinski definition) is 5. The monoisotopic (exact) mass is 369 g/mol. The predicted octanol–water partition coefficient (Wildman–Crippen LogP) is 4.08. The van der Waals surface area contributed by atoms with Gasteiger partial charge in [0.25, 0.3) is 11.1 Å². The Morgan fingerprint density at radius 1 is 1.15 bits per heavy atom. The number of benzene rings is 2. The number of imide groups is 1. The fourth-order valence-corrected chi connectivity index (χ4v) is 3.42. The first kappa shape index (κ1) is 18.2. The van der Waals surface area contributed by atoms with Crippen molar-refractivity contribution in [2.24, 2.45) is 5.92 Å². The molecular formula is C20H19NO4S. The number of nitrogens with zero attached hydrogens (tertiary/aromatic N) is 1. The van der Waals surface area contributed by atoms with E-state index in [4.69, 9.17) is 4.74 Å². The molecule has 134 valence electrons. The lowest BCUT2D eigenvalue weighted by atomic mass is 10.0. The zero-order valence-electron chi connectivity index (χ0n) is 14.6. The third kappa shape index (κ3) is 3.96. The first-order chi connectivity index (χ1) is 12.5. The van der Waals surface area contributed by atoms with Crippen LogP contribution in [-0.2, 0) is 14.3 Å². The van der Waals surface area contributed by atoms with Gasteiger partial charge >= 0.3 is 5.97 Å². The molecule has 1 fully saturated rings. The summed E-state index contributed by atoms with van der Waals surface area (Å²) in [5, 5.41) is 1.60. The van der Waals surface area contributed by atoms with Gasteiger partial charge in [-0.05, 0) is 40.1 Å². The van der Waals surface area contributed by atoms with Crippen molar-refractivity contribution in [3.8, 4) is 0 Å². The molecule has 1 saturated heterocycles. The second-order valence-electron chi connectivity index (χ2n) is 6.41. The van der Waals surface area contributed by atoms with Gasteiger partial charge in [-0.25, -0.2) is 0 Å². The first-order valence-corrected chi connectivity index (χ1v) is 9.16. The van der Waals surface area contributed by atoms with E-state index in [1.54, 1.807) is 6.08 Å². The summed E-state index contributed by atoms with van der Waals surface area (Å²) in [4.78, 5) is 37.8. The molecule has 0 radical (unpaired) electrons. The minimum Gasteiger partial charge on any atom is -0.464 e. The summed E-state index contributed by atoms with van der Waals surface area (Å²) in [6.45, 7) is 3.74. The fourth-order valence-electron chi connectivity index (χ4n) is 2.59. The van der Waals surface area contributed by atoms with Crippen LogP contribution in [0.2, 0.25) is 0 Å². The van der Waals surface area contributed by atoms with Crippen LogP contribution in [0.3, 0.4) is 0 Å². The normalized spacial score (nSPS) is 16.1. The zero-order valence-corrected chi connectivity index (χ0v) is 15.4. The lowest BCUT2D eigenvalue weighted by Gasteiger charge is -2.12. The number of esters is 1. The number of amides is 2. The predicted molar refractivity (Wildman–Crippen MR) is 102 cm³/mol. The van der Waals surface area contributed by atoms with Crippen LogP contribution in [0, 0.1) is 5.92 Å². The lowest BCUT2D eigenvalue weighted by molar-refractivity contribution is -0.147. The molecular weight excluding hydrogens is 350 g/mol. The molecule has 1 aliphatic rings. The number of ether oxygens (including phenoxy) is 1. The third-order valence-electron chi connectivity index (χ3n) is 3.85. The molecule has 0 N–H and O–H groups in total. The maximum Gasteiger partial charge on any atom is 0.326 e. The maximum absolute atomic E-state index is 12.5. The summed E-state index contributed by atoms with van der Waals surface area (Å²) in [6.07, 6.45) is 1.70. The van der Waals surface area contributed by atoms with Crippen LogP contribution in [-0.4, -0.2) is 35.2 Å². The fraction of sp³-hybridized carbons (Fsp3) is 0.250. The highest BCUT2D eigenvalue weighted by atomic mass is 32.2. The van der Waals surface area contributed by atoms with E-state index in [1.165, 1.54) is 0 Å². The zero-order chi connectivity index (χ0) is 18.7. The molecule has 26 heavy (non-hydrogen) atoms. The smallest absolute Gasteiger partial charge is 0.326 e. The van der Waals surface area contributed by atoms with Crippen molar-refractivity contribution in [1.29, 1.82) is 0 Å². The molecule has 0 saturated carbocycles. The standard InChI is InChI=1S/C20H19NO4S/c1-13(2)12-25-18(22)11-21-19(23)17(26-20(21)24)10-15-8-5-7-14-6-3-4-9-16(14)15/h3-10,13H,11-12H2,1-2H3/b17-10+. The Morgan fingerprint density at radius 3 is 2.65 bits per heavy atom. The molecule has 0 unspecified atom stereocenters. The van der Waals surface area contributed by atoms with Crippen LogP contribution >= 0.6 is 11.8 Å². The van der Waals surface area contributed by atoms with Gasteiger partial charge in [-0.3, -0.25) is 19.3 Å². The van der Waals surface area contributed by atoms with E-state index in [9.17, 15) is 14.4 Å². The van der Waals surface area contributed by atoms with E-state index in [0.29, 0.717) is 4.91 Å². The molecule has 0 aliphatic carbocycles. The quantitative estimate of drug-likeness (QED) is 0.587. The van der Waals surface area contributed by atoms with E-state index in [1.807, 2.05) is 56.3 Å². The molecule has 2 aromatic carbocycles. The van der Waals surface area contributed by atoms with Gasteiger partial charge in [0, 0.05) is 0 Å². The van der Waals surface area contributed by atoms with Gasteiger partial charge in [-0.1, -0.05) is 56.3 Å². The molecule has 1 aliphatic heterocycles. The molecule has 0 bridgehead atoms. The molecule has 6 heteroatoms. The minimum atomic E-state index is -0.576. The van der Waals surface area contributed by atoms with Crippen molar-refractivity contribution in [2.75, 3.05) is 13.2 Å². The maximum atomic E-state index is 12.5. The summed E-state index contributed by atoms with van der Waals surface area (Å²) < 4.78 is 5.06. The molecule has 2 amide bonds. The highest BCUT2D eigenvalue weighted by Gasteiger charge is 2.36. The Bertz CT molecular complexity index is 898. The molecule has 5 nitrogen and oxygen atoms in total. The highest BCUT2D eigenvalue weighted by Crippen LogP contribution is 2.33. The molecule has 2 aromatic rings. The van der Waals surface area contributed by atoms with Crippen molar-refractivity contribution in [2.45, 2.75) is 13.8 Å². The van der Waals surface area contributed by atoms with Gasteiger partial charge in [0.15, 0.2) is 0 Å². The number of fused-ring (bicyclic) bond motifs is 1. The SMILES string of the molecule is CC(C)COC(=O)CN1C(=O)S/C(=C/c2cccc3ccccc23)C1=O. The van der Waals surface area contributed by atoms with Gasteiger partial charge < -0.3 is 4.74 Å². The van der Waals surface area contributed by atoms with Crippen LogP contribution in [0.4, 0.5) is 4.79 Å². The van der Waals surface area contributed by atoms with Crippen LogP contribution in [0.5, 0.6) is 0 Å². The summed E-state index contributed by atoms with van der Waals surface area (Å²) in [5.41, 5.74) is 0.857. The van der Waals surface area contributed by atoms with Crippen LogP contribution in [0.25, 0.3) is 16.8 Å². The molecule has 1 heterocycles. The average Bonchev–Trinajstić information content (AvgIpc) is 2.88. The van der Waals surface area contributed by atoms with E-state index in [2.05, 4.69) is 0 Å². The Kier molecular flexibility index (Phi) is 5.42. The van der Waals surface area contributed by atoms with E-state index in [0.717, 1.165) is 33.0 Å². The largest absolute Gasteiger partial charge is 0.464 e. The Hall–Kier alpha value is -2.60. The topological polar surface area (TPSA) is 63.7 Å². The number of carbonyl (C=O) groups excluding carboxylic acids is 3. The first-order valence-electron chi connectivity index (χ1n) is 8.34. The summed E-state index contributed by atoms with van der Waals surface area (Å²) in [5.74, 6) is -0.845. The molecule has 0 aromatic heterocycles. The second kappa shape index (κ2) is 7.74. The van der Waals surface area contributed by atoms with E-state index >= 15 is 0 Å². The van der Waals surface area contributed by atoms with Gasteiger partial charge in [0.2, 0.25) is 0 Å². The Balaban J connectivity index is 1.80. The summed E-state index contributed by atoms with van der Waals surface area (Å²) in [7, 11) is 0. The lowest BCUT2D eigenvalue weighted by Crippen LogP contribution is -2.34. The van der Waals surface area contributed by atoms with Crippen LogP contribution < -0.4 is 0 Å². The van der Waals surface area contributed by atoms with Gasteiger partial charge in [0.05, 0.1) is 11.5 Å². The van der Waals surface area contributed by atoms with E-state index in [-0.39, 0.29) is 19.1 Å². The van der Waals surface area contributed by atoms with Crippen molar-refractivity contribution in [1.82, 2.24) is 4.90 Å². The number of carbonyl (C=O) groups is 3. The minimum absolute atomic E-state index is 0.195. The number of thioether (sulfide) groups is 1. The highest BCUT2D eigenvalue weighted by molar-refractivity contribution is 8.18. The third-order valence-corrected chi connectivity index (χ3v) is 4.76. The van der Waals surface area contributed by atoms with Crippen LogP contribution in [0.15, 0.2) is 47.4 Å². The molecule has 3 rings (SSSR count). The molecule has 0 spiro atoms. The summed E-state index contributed by atoms with van der Waals surface area (Å²) in [6, 6.07) is 13.6. The van der Waals surface area contributed by atoms with Crippen molar-refractivity contribution < 1.29 is 19.1 Å². The Morgan fingerprint density at radius 2 is 1.88 bits per heavy atom. The van der Waals surface area contributed by atoms with Crippen LogP contribution in [0.1, 0.15) is 19.4 Å². The Labute approximate surface area is 156 Å². The van der Waals surface area contributed by atoms with Crippen molar-refractivity contribution >= 4 is 45.7 Å². The van der Waals surface area contributed by atoms with Gasteiger partial charge in [-0.2, -0.15) is 0 Å². The van der Waals surface area contributed by atoms with Gasteiger partial charge in [-0.15, -0.1) is 0 Å². The van der Waals surface area contributed by atoms with Gasteiger partial charge in [0.1, 0.15) is 6.54 Å².